The third kappa shape index (κ3) is 5.38. The molecule has 0 amide bonds. The second-order valence-electron chi connectivity index (χ2n) is 2.69. The number of hydrogen-bond donors (Lipinski definition) is 0. The Balaban J connectivity index is 3.80. The molecule has 0 aliphatic carbocycles. The molecule has 0 saturated carbocycles. The highest BCUT2D eigenvalue weighted by Gasteiger charge is 2.12. The van der Waals surface area contributed by atoms with E-state index in [0.717, 1.165) is 0 Å². The smallest absolute Gasteiger partial charge is 0.335 e. The van der Waals surface area contributed by atoms with Gasteiger partial charge in [0.25, 0.3) is 0 Å². The first-order chi connectivity index (χ1) is 5.97. The van der Waals surface area contributed by atoms with Crippen LogP contribution in [0.15, 0.2) is 12.2 Å². The standard InChI is InChI=1S/C9H16O4/c1-6(2)9(10)13-8(4)12-7(3)11-5/h7-8H,1H2,2-5H3. The molecular formula is C9H16O4. The summed E-state index contributed by atoms with van der Waals surface area (Å²) in [6.45, 7) is 8.36. The van der Waals surface area contributed by atoms with Crippen molar-refractivity contribution in [3.05, 3.63) is 12.2 Å². The second kappa shape index (κ2) is 5.72. The Morgan fingerprint density at radius 3 is 2.23 bits per heavy atom. The van der Waals surface area contributed by atoms with Crippen LogP contribution in [-0.4, -0.2) is 25.7 Å². The van der Waals surface area contributed by atoms with E-state index < -0.39 is 18.5 Å². The van der Waals surface area contributed by atoms with Crippen molar-refractivity contribution in [2.45, 2.75) is 33.4 Å². The molecule has 0 rings (SSSR count). The lowest BCUT2D eigenvalue weighted by atomic mass is 10.4. The van der Waals surface area contributed by atoms with Crippen LogP contribution in [0, 0.1) is 0 Å². The van der Waals surface area contributed by atoms with Gasteiger partial charge in [-0.05, 0) is 20.8 Å². The number of esters is 1. The molecule has 0 bridgehead atoms. The van der Waals surface area contributed by atoms with E-state index >= 15 is 0 Å². The Hall–Kier alpha value is -0.870. The number of methoxy groups -OCH3 is 1. The van der Waals surface area contributed by atoms with Crippen molar-refractivity contribution in [3.8, 4) is 0 Å². The van der Waals surface area contributed by atoms with Crippen LogP contribution in [0.5, 0.6) is 0 Å². The minimum Gasteiger partial charge on any atom is -0.433 e. The molecule has 4 heteroatoms. The fourth-order valence-corrected chi connectivity index (χ4v) is 0.605. The fourth-order valence-electron chi connectivity index (χ4n) is 0.605. The summed E-state index contributed by atoms with van der Waals surface area (Å²) >= 11 is 0. The van der Waals surface area contributed by atoms with Crippen LogP contribution in [-0.2, 0) is 19.0 Å². The first-order valence-electron chi connectivity index (χ1n) is 4.02. The average Bonchev–Trinajstić information content (AvgIpc) is 2.03. The lowest BCUT2D eigenvalue weighted by molar-refractivity contribution is -0.219. The molecule has 2 atom stereocenters. The largest absolute Gasteiger partial charge is 0.433 e. The van der Waals surface area contributed by atoms with Gasteiger partial charge in [-0.25, -0.2) is 4.79 Å². The van der Waals surface area contributed by atoms with Gasteiger partial charge >= 0.3 is 5.97 Å². The molecule has 4 nitrogen and oxygen atoms in total. The zero-order valence-corrected chi connectivity index (χ0v) is 8.49. The Morgan fingerprint density at radius 2 is 1.85 bits per heavy atom. The molecule has 0 aromatic carbocycles. The van der Waals surface area contributed by atoms with E-state index in [0.29, 0.717) is 5.57 Å². The van der Waals surface area contributed by atoms with E-state index in [2.05, 4.69) is 6.58 Å². The van der Waals surface area contributed by atoms with E-state index in [1.807, 2.05) is 0 Å². The third-order valence-corrected chi connectivity index (χ3v) is 1.34. The molecule has 0 fully saturated rings. The van der Waals surface area contributed by atoms with Crippen LogP contribution in [0.3, 0.4) is 0 Å². The van der Waals surface area contributed by atoms with Crippen LogP contribution >= 0.6 is 0 Å². The van der Waals surface area contributed by atoms with Gasteiger partial charge in [0.2, 0.25) is 6.29 Å². The van der Waals surface area contributed by atoms with Crippen LogP contribution in [0.2, 0.25) is 0 Å². The SMILES string of the molecule is C=C(C)C(=O)OC(C)OC(C)OC. The molecule has 2 unspecified atom stereocenters. The van der Waals surface area contributed by atoms with Crippen LogP contribution in [0.4, 0.5) is 0 Å². The van der Waals surface area contributed by atoms with Gasteiger partial charge in [0.15, 0.2) is 6.29 Å². The lowest BCUT2D eigenvalue weighted by Gasteiger charge is -2.17. The molecule has 0 heterocycles. The van der Waals surface area contributed by atoms with Gasteiger partial charge in [0.1, 0.15) is 0 Å². The predicted molar refractivity (Wildman–Crippen MR) is 47.9 cm³/mol. The van der Waals surface area contributed by atoms with Gasteiger partial charge in [-0.3, -0.25) is 0 Å². The molecule has 0 aromatic rings. The zero-order chi connectivity index (χ0) is 10.4. The monoisotopic (exact) mass is 188 g/mol. The van der Waals surface area contributed by atoms with Crippen molar-refractivity contribution in [2.24, 2.45) is 0 Å². The summed E-state index contributed by atoms with van der Waals surface area (Å²) < 4.78 is 14.8. The van der Waals surface area contributed by atoms with E-state index in [9.17, 15) is 4.79 Å². The highest BCUT2D eigenvalue weighted by molar-refractivity contribution is 5.86. The molecule has 0 radical (unpaired) electrons. The molecule has 0 aliphatic heterocycles. The maximum absolute atomic E-state index is 11.0. The van der Waals surface area contributed by atoms with Gasteiger partial charge in [-0.1, -0.05) is 6.58 Å². The number of carbonyl (C=O) groups excluding carboxylic acids is 1. The Bertz CT molecular complexity index is 188. The summed E-state index contributed by atoms with van der Waals surface area (Å²) in [4.78, 5) is 11.0. The minimum absolute atomic E-state index is 0.348. The summed E-state index contributed by atoms with van der Waals surface area (Å²) in [7, 11) is 1.51. The summed E-state index contributed by atoms with van der Waals surface area (Å²) in [6.07, 6.45) is -1.02. The van der Waals surface area contributed by atoms with Crippen molar-refractivity contribution in [3.63, 3.8) is 0 Å². The molecular weight excluding hydrogens is 172 g/mol. The highest BCUT2D eigenvalue weighted by Crippen LogP contribution is 2.03. The Kier molecular flexibility index (Phi) is 5.34. The summed E-state index contributed by atoms with van der Waals surface area (Å²) in [5, 5.41) is 0. The number of hydrogen-bond acceptors (Lipinski definition) is 4. The number of rotatable bonds is 5. The molecule has 76 valence electrons. The zero-order valence-electron chi connectivity index (χ0n) is 8.49. The van der Waals surface area contributed by atoms with Gasteiger partial charge in [0, 0.05) is 12.7 Å². The molecule has 0 aromatic heterocycles. The topological polar surface area (TPSA) is 44.8 Å². The van der Waals surface area contributed by atoms with Gasteiger partial charge in [-0.2, -0.15) is 0 Å². The van der Waals surface area contributed by atoms with E-state index in [-0.39, 0.29) is 0 Å². The summed E-state index contributed by atoms with van der Waals surface area (Å²) in [6, 6.07) is 0. The molecule has 13 heavy (non-hydrogen) atoms. The Labute approximate surface area is 78.5 Å². The summed E-state index contributed by atoms with van der Waals surface area (Å²) in [5.41, 5.74) is 0.348. The van der Waals surface area contributed by atoms with Crippen LogP contribution in [0.1, 0.15) is 20.8 Å². The van der Waals surface area contributed by atoms with E-state index in [1.165, 1.54) is 7.11 Å². The quantitative estimate of drug-likeness (QED) is 0.372. The second-order valence-corrected chi connectivity index (χ2v) is 2.69. The van der Waals surface area contributed by atoms with Gasteiger partial charge in [-0.15, -0.1) is 0 Å². The maximum Gasteiger partial charge on any atom is 0.335 e. The Morgan fingerprint density at radius 1 is 1.31 bits per heavy atom. The molecule has 0 saturated heterocycles. The predicted octanol–water partition coefficient (Wildman–Crippen LogP) is 1.46. The van der Waals surface area contributed by atoms with Crippen LogP contribution < -0.4 is 0 Å². The first kappa shape index (κ1) is 12.1. The van der Waals surface area contributed by atoms with Gasteiger partial charge in [0.05, 0.1) is 0 Å². The fraction of sp³-hybridized carbons (Fsp3) is 0.667. The van der Waals surface area contributed by atoms with Crippen molar-refractivity contribution >= 4 is 5.97 Å². The van der Waals surface area contributed by atoms with Crippen LogP contribution in [0.25, 0.3) is 0 Å². The molecule has 0 aliphatic rings. The molecule has 0 N–H and O–H groups in total. The van der Waals surface area contributed by atoms with E-state index in [1.54, 1.807) is 20.8 Å². The number of ether oxygens (including phenoxy) is 3. The summed E-state index contributed by atoms with van der Waals surface area (Å²) in [5.74, 6) is -0.462. The van der Waals surface area contributed by atoms with E-state index in [4.69, 9.17) is 14.2 Å². The lowest BCUT2D eigenvalue weighted by Crippen LogP contribution is -2.24. The first-order valence-corrected chi connectivity index (χ1v) is 4.02. The maximum atomic E-state index is 11.0. The molecule has 0 spiro atoms. The minimum atomic E-state index is -0.626. The van der Waals surface area contributed by atoms with Gasteiger partial charge < -0.3 is 14.2 Å². The van der Waals surface area contributed by atoms with Crippen molar-refractivity contribution in [1.82, 2.24) is 0 Å². The number of carbonyl (C=O) groups is 1. The van der Waals surface area contributed by atoms with Crippen molar-refractivity contribution < 1.29 is 19.0 Å². The van der Waals surface area contributed by atoms with Crippen molar-refractivity contribution in [1.29, 1.82) is 0 Å². The van der Waals surface area contributed by atoms with Crippen molar-refractivity contribution in [2.75, 3.05) is 7.11 Å². The highest BCUT2D eigenvalue weighted by atomic mass is 16.8. The normalized spacial score (nSPS) is 14.8. The average molecular weight is 188 g/mol. The third-order valence-electron chi connectivity index (χ3n) is 1.34.